The van der Waals surface area contributed by atoms with Crippen LogP contribution in [-0.2, 0) is 21.2 Å². The van der Waals surface area contributed by atoms with Crippen molar-refractivity contribution in [2.45, 2.75) is 18.2 Å². The van der Waals surface area contributed by atoms with Crippen LogP contribution in [0.5, 0.6) is 5.75 Å². The van der Waals surface area contributed by atoms with Gasteiger partial charge in [-0.1, -0.05) is 48.0 Å². The molecule has 8 nitrogen and oxygen atoms in total. The summed E-state index contributed by atoms with van der Waals surface area (Å²) in [6, 6.07) is 17.6. The third-order valence-corrected chi connectivity index (χ3v) is 6.61. The van der Waals surface area contributed by atoms with Crippen molar-refractivity contribution in [3.8, 4) is 5.75 Å². The average Bonchev–Trinajstić information content (AvgIpc) is 2.79. The fourth-order valence-corrected chi connectivity index (χ4v) is 4.60. The predicted molar refractivity (Wildman–Crippen MR) is 126 cm³/mol. The molecule has 0 fully saturated rings. The predicted octanol–water partition coefficient (Wildman–Crippen LogP) is 3.46. The van der Waals surface area contributed by atoms with E-state index in [1.165, 1.54) is 25.3 Å². The van der Waals surface area contributed by atoms with Gasteiger partial charge < -0.3 is 4.74 Å². The number of amides is 2. The number of halogens is 1. The zero-order valence-electron chi connectivity index (χ0n) is 17.9. The molecular formula is C23H22ClN3O5S. The van der Waals surface area contributed by atoms with Crippen molar-refractivity contribution in [2.24, 2.45) is 0 Å². The fourth-order valence-electron chi connectivity index (χ4n) is 3.00. The normalized spacial score (nSPS) is 10.9. The lowest BCUT2D eigenvalue weighted by Gasteiger charge is -2.14. The van der Waals surface area contributed by atoms with E-state index in [0.29, 0.717) is 5.75 Å². The Morgan fingerprint density at radius 3 is 2.39 bits per heavy atom. The average molecular weight is 488 g/mol. The quantitative estimate of drug-likeness (QED) is 0.442. The second kappa shape index (κ2) is 10.4. The summed E-state index contributed by atoms with van der Waals surface area (Å²) >= 11 is 6.11. The van der Waals surface area contributed by atoms with Crippen molar-refractivity contribution >= 4 is 39.1 Å². The van der Waals surface area contributed by atoms with E-state index in [1.807, 2.05) is 31.2 Å². The summed E-state index contributed by atoms with van der Waals surface area (Å²) in [4.78, 5) is 24.4. The van der Waals surface area contributed by atoms with Gasteiger partial charge in [-0.05, 0) is 48.4 Å². The molecule has 2 amide bonds. The number of para-hydroxylation sites is 2. The summed E-state index contributed by atoms with van der Waals surface area (Å²) in [5, 5.41) is -0.0717. The van der Waals surface area contributed by atoms with Gasteiger partial charge in [0.15, 0.2) is 0 Å². The standard InChI is InChI=1S/C23H22ClN3O5S/c1-15-7-3-4-8-16(15)14-22(28)25-26-23(29)17-11-12-18(24)21(13-17)33(30,31)27-19-9-5-6-10-20(19)32-2/h3-13,27H,14H2,1-2H3,(H,25,28)(H,26,29). The van der Waals surface area contributed by atoms with E-state index in [9.17, 15) is 18.0 Å². The Balaban J connectivity index is 1.73. The Morgan fingerprint density at radius 2 is 1.67 bits per heavy atom. The molecule has 0 aliphatic rings. The number of methoxy groups -OCH3 is 1. The molecule has 0 unspecified atom stereocenters. The van der Waals surface area contributed by atoms with Crippen LogP contribution >= 0.6 is 11.6 Å². The summed E-state index contributed by atoms with van der Waals surface area (Å²) in [6.45, 7) is 1.88. The van der Waals surface area contributed by atoms with Crippen molar-refractivity contribution < 1.29 is 22.7 Å². The number of sulfonamides is 1. The monoisotopic (exact) mass is 487 g/mol. The molecule has 0 saturated carbocycles. The highest BCUT2D eigenvalue weighted by Gasteiger charge is 2.22. The minimum Gasteiger partial charge on any atom is -0.495 e. The minimum absolute atomic E-state index is 0.00371. The van der Waals surface area contributed by atoms with Crippen molar-refractivity contribution in [3.05, 3.63) is 88.4 Å². The van der Waals surface area contributed by atoms with Gasteiger partial charge in [0.1, 0.15) is 10.6 Å². The lowest BCUT2D eigenvalue weighted by atomic mass is 10.1. The van der Waals surface area contributed by atoms with E-state index < -0.39 is 21.8 Å². The first-order chi connectivity index (χ1) is 15.7. The Kier molecular flexibility index (Phi) is 7.57. The molecule has 10 heteroatoms. The van der Waals surface area contributed by atoms with Gasteiger partial charge in [-0.25, -0.2) is 8.42 Å². The maximum Gasteiger partial charge on any atom is 0.269 e. The molecule has 0 bridgehead atoms. The maximum absolute atomic E-state index is 12.9. The second-order valence-corrected chi connectivity index (χ2v) is 9.11. The highest BCUT2D eigenvalue weighted by Crippen LogP contribution is 2.29. The first-order valence-corrected chi connectivity index (χ1v) is 11.7. The molecule has 172 valence electrons. The van der Waals surface area contributed by atoms with E-state index in [1.54, 1.807) is 18.2 Å². The molecule has 0 saturated heterocycles. The number of ether oxygens (including phenoxy) is 1. The van der Waals surface area contributed by atoms with Crippen LogP contribution in [0.1, 0.15) is 21.5 Å². The first kappa shape index (κ1) is 24.1. The highest BCUT2D eigenvalue weighted by molar-refractivity contribution is 7.92. The van der Waals surface area contributed by atoms with Gasteiger partial charge in [-0.15, -0.1) is 0 Å². The number of carbonyl (C=O) groups excluding carboxylic acids is 2. The van der Waals surface area contributed by atoms with Crippen LogP contribution < -0.4 is 20.3 Å². The van der Waals surface area contributed by atoms with Crippen LogP contribution in [0.25, 0.3) is 0 Å². The van der Waals surface area contributed by atoms with Crippen LogP contribution in [0.2, 0.25) is 5.02 Å². The number of benzene rings is 3. The van der Waals surface area contributed by atoms with Crippen molar-refractivity contribution in [1.29, 1.82) is 0 Å². The molecule has 0 radical (unpaired) electrons. The number of hydrogen-bond donors (Lipinski definition) is 3. The third-order valence-electron chi connectivity index (χ3n) is 4.76. The molecule has 0 heterocycles. The Labute approximate surface area is 196 Å². The van der Waals surface area contributed by atoms with Crippen LogP contribution in [-0.4, -0.2) is 27.3 Å². The lowest BCUT2D eigenvalue weighted by Crippen LogP contribution is -2.42. The van der Waals surface area contributed by atoms with Gasteiger partial charge in [0.05, 0.1) is 24.2 Å². The number of rotatable bonds is 7. The number of carbonyl (C=O) groups is 2. The largest absolute Gasteiger partial charge is 0.495 e. The summed E-state index contributed by atoms with van der Waals surface area (Å²) in [5.74, 6) is -0.793. The van der Waals surface area contributed by atoms with Crippen molar-refractivity contribution in [3.63, 3.8) is 0 Å². The van der Waals surface area contributed by atoms with E-state index in [2.05, 4.69) is 15.6 Å². The summed E-state index contributed by atoms with van der Waals surface area (Å²) < 4.78 is 33.4. The maximum atomic E-state index is 12.9. The van der Waals surface area contributed by atoms with E-state index in [0.717, 1.165) is 17.2 Å². The number of anilines is 1. The molecular weight excluding hydrogens is 466 g/mol. The fraction of sp³-hybridized carbons (Fsp3) is 0.130. The smallest absolute Gasteiger partial charge is 0.269 e. The summed E-state index contributed by atoms with van der Waals surface area (Å²) in [5.41, 5.74) is 6.61. The number of nitrogens with one attached hydrogen (secondary N) is 3. The van der Waals surface area contributed by atoms with Gasteiger partial charge in [0.2, 0.25) is 5.91 Å². The lowest BCUT2D eigenvalue weighted by molar-refractivity contribution is -0.121. The van der Waals surface area contributed by atoms with Gasteiger partial charge in [-0.2, -0.15) is 0 Å². The highest BCUT2D eigenvalue weighted by atomic mass is 35.5. The molecule has 0 aliphatic heterocycles. The molecule has 3 aromatic carbocycles. The van der Waals surface area contributed by atoms with Gasteiger partial charge in [0, 0.05) is 5.56 Å². The van der Waals surface area contributed by atoms with Crippen molar-refractivity contribution in [2.75, 3.05) is 11.8 Å². The van der Waals surface area contributed by atoms with Gasteiger partial charge >= 0.3 is 0 Å². The molecule has 3 aromatic rings. The second-order valence-electron chi connectivity index (χ2n) is 7.06. The number of hydrogen-bond acceptors (Lipinski definition) is 5. The SMILES string of the molecule is COc1ccccc1NS(=O)(=O)c1cc(C(=O)NNC(=O)Cc2ccccc2C)ccc1Cl. The van der Waals surface area contributed by atoms with Gasteiger partial charge in [0.25, 0.3) is 15.9 Å². The van der Waals surface area contributed by atoms with Gasteiger partial charge in [-0.3, -0.25) is 25.2 Å². The molecule has 3 rings (SSSR count). The Bertz CT molecular complexity index is 1290. The zero-order chi connectivity index (χ0) is 24.0. The van der Waals surface area contributed by atoms with Crippen LogP contribution in [0, 0.1) is 6.92 Å². The summed E-state index contributed by atoms with van der Waals surface area (Å²) in [7, 11) is -2.72. The number of aryl methyl sites for hydroxylation is 1. The third kappa shape index (κ3) is 6.03. The number of hydrazine groups is 1. The molecule has 0 aliphatic carbocycles. The Hall–Kier alpha value is -3.56. The minimum atomic E-state index is -4.14. The van der Waals surface area contributed by atoms with Crippen molar-refractivity contribution in [1.82, 2.24) is 10.9 Å². The van der Waals surface area contributed by atoms with E-state index in [4.69, 9.17) is 16.3 Å². The first-order valence-electron chi connectivity index (χ1n) is 9.80. The van der Waals surface area contributed by atoms with E-state index in [-0.39, 0.29) is 27.6 Å². The van der Waals surface area contributed by atoms with Crippen LogP contribution in [0.15, 0.2) is 71.6 Å². The Morgan fingerprint density at radius 1 is 0.970 bits per heavy atom. The van der Waals surface area contributed by atoms with E-state index >= 15 is 0 Å². The summed E-state index contributed by atoms with van der Waals surface area (Å²) in [6.07, 6.45) is 0.0794. The van der Waals surface area contributed by atoms with Crippen LogP contribution in [0.3, 0.4) is 0 Å². The molecule has 0 spiro atoms. The molecule has 33 heavy (non-hydrogen) atoms. The topological polar surface area (TPSA) is 114 Å². The molecule has 3 N–H and O–H groups in total. The zero-order valence-corrected chi connectivity index (χ0v) is 19.5. The molecule has 0 aromatic heterocycles. The molecule has 0 atom stereocenters. The van der Waals surface area contributed by atoms with Crippen LogP contribution in [0.4, 0.5) is 5.69 Å².